The van der Waals surface area contributed by atoms with Crippen LogP contribution in [0.25, 0.3) is 11.5 Å². The smallest absolute Gasteiger partial charge is 0.258 e. The maximum atomic E-state index is 5.48. The molecule has 1 fully saturated rings. The molecule has 0 amide bonds. The lowest BCUT2D eigenvalue weighted by atomic mass is 10.1. The van der Waals surface area contributed by atoms with Gasteiger partial charge >= 0.3 is 0 Å². The average Bonchev–Trinajstić information content (AvgIpc) is 2.77. The van der Waals surface area contributed by atoms with Gasteiger partial charge in [0.1, 0.15) is 0 Å². The Balaban J connectivity index is 1.87. The van der Waals surface area contributed by atoms with E-state index in [1.54, 1.807) is 0 Å². The quantitative estimate of drug-likeness (QED) is 0.907. The maximum Gasteiger partial charge on any atom is 0.258 e. The highest BCUT2D eigenvalue weighted by Gasteiger charge is 2.20. The Kier molecular flexibility index (Phi) is 3.83. The number of aromatic nitrogens is 2. The van der Waals surface area contributed by atoms with Crippen LogP contribution in [0.15, 0.2) is 22.7 Å². The number of rotatable bonds is 2. The first-order chi connectivity index (χ1) is 9.74. The Morgan fingerprint density at radius 1 is 1.20 bits per heavy atom. The van der Waals surface area contributed by atoms with Crippen molar-refractivity contribution in [3.8, 4) is 11.5 Å². The molecule has 1 atom stereocenters. The van der Waals surface area contributed by atoms with Crippen LogP contribution in [-0.2, 0) is 0 Å². The molecule has 1 aliphatic heterocycles. The van der Waals surface area contributed by atoms with Gasteiger partial charge in [0.25, 0.3) is 5.89 Å². The predicted molar refractivity (Wildman–Crippen MR) is 78.4 cm³/mol. The molecule has 4 heteroatoms. The minimum atomic E-state index is 0.236. The number of hydrogen-bond donors (Lipinski definition) is 1. The van der Waals surface area contributed by atoms with Crippen LogP contribution < -0.4 is 5.32 Å². The van der Waals surface area contributed by atoms with Gasteiger partial charge in [0.2, 0.25) is 0 Å². The summed E-state index contributed by atoms with van der Waals surface area (Å²) in [5.74, 6) is 1.43. The summed E-state index contributed by atoms with van der Waals surface area (Å²) in [5.41, 5.74) is 3.41. The van der Waals surface area contributed by atoms with E-state index in [1.165, 1.54) is 30.4 Å². The highest BCUT2D eigenvalue weighted by molar-refractivity contribution is 5.59. The molecule has 0 bridgehead atoms. The minimum absolute atomic E-state index is 0.236. The van der Waals surface area contributed by atoms with Gasteiger partial charge in [0, 0.05) is 5.56 Å². The lowest BCUT2D eigenvalue weighted by Crippen LogP contribution is -2.21. The predicted octanol–water partition coefficient (Wildman–Crippen LogP) is 3.56. The van der Waals surface area contributed by atoms with Crippen LogP contribution >= 0.6 is 0 Å². The Labute approximate surface area is 119 Å². The second-order valence-corrected chi connectivity index (χ2v) is 5.63. The van der Waals surface area contributed by atoms with Crippen molar-refractivity contribution in [2.24, 2.45) is 0 Å². The molecule has 0 aliphatic carbocycles. The molecule has 0 radical (unpaired) electrons. The van der Waals surface area contributed by atoms with Gasteiger partial charge in [-0.1, -0.05) is 35.7 Å². The summed E-state index contributed by atoms with van der Waals surface area (Å²) in [7, 11) is 0. The Bertz CT molecular complexity index is 583. The van der Waals surface area contributed by atoms with Gasteiger partial charge < -0.3 is 9.84 Å². The first-order valence-electron chi connectivity index (χ1n) is 7.38. The van der Waals surface area contributed by atoms with Gasteiger partial charge in [-0.2, -0.15) is 4.98 Å². The van der Waals surface area contributed by atoms with E-state index < -0.39 is 0 Å². The molecule has 0 saturated carbocycles. The summed E-state index contributed by atoms with van der Waals surface area (Å²) in [6.45, 7) is 5.19. The first-order valence-corrected chi connectivity index (χ1v) is 7.38. The fraction of sp³-hybridized carbons (Fsp3) is 0.500. The van der Waals surface area contributed by atoms with Crippen molar-refractivity contribution >= 4 is 0 Å². The molecule has 1 N–H and O–H groups in total. The van der Waals surface area contributed by atoms with Gasteiger partial charge in [-0.3, -0.25) is 0 Å². The number of aryl methyl sites for hydroxylation is 2. The second kappa shape index (κ2) is 5.75. The molecule has 2 heterocycles. The van der Waals surface area contributed by atoms with Crippen molar-refractivity contribution in [3.63, 3.8) is 0 Å². The summed E-state index contributed by atoms with van der Waals surface area (Å²) in [5, 5.41) is 7.68. The van der Waals surface area contributed by atoms with E-state index in [4.69, 9.17) is 4.52 Å². The number of nitrogens with zero attached hydrogens (tertiary/aromatic N) is 2. The van der Waals surface area contributed by atoms with Crippen molar-refractivity contribution in [3.05, 3.63) is 35.2 Å². The normalized spacial score (nSPS) is 19.8. The van der Waals surface area contributed by atoms with Crippen molar-refractivity contribution < 1.29 is 4.52 Å². The maximum absolute atomic E-state index is 5.48. The van der Waals surface area contributed by atoms with E-state index in [0.29, 0.717) is 5.89 Å². The van der Waals surface area contributed by atoms with E-state index in [2.05, 4.69) is 47.5 Å². The van der Waals surface area contributed by atoms with Crippen LogP contribution in [0.4, 0.5) is 0 Å². The number of benzene rings is 1. The SMILES string of the molecule is Cc1ccc(C)c(-c2nc(C3CCCCCN3)no2)c1. The molecule has 20 heavy (non-hydrogen) atoms. The Morgan fingerprint density at radius 3 is 3.00 bits per heavy atom. The standard InChI is InChI=1S/C16H21N3O/c1-11-7-8-12(2)13(10-11)16-18-15(19-20-16)14-6-4-3-5-9-17-14/h7-8,10,14,17H,3-6,9H2,1-2H3. The summed E-state index contributed by atoms with van der Waals surface area (Å²) < 4.78 is 5.48. The highest BCUT2D eigenvalue weighted by Crippen LogP contribution is 2.26. The molecule has 2 aromatic rings. The van der Waals surface area contributed by atoms with E-state index in [9.17, 15) is 0 Å². The summed E-state index contributed by atoms with van der Waals surface area (Å²) in [6.07, 6.45) is 4.83. The van der Waals surface area contributed by atoms with Crippen molar-refractivity contribution in [2.75, 3.05) is 6.54 Å². The third kappa shape index (κ3) is 2.75. The summed E-state index contributed by atoms with van der Waals surface area (Å²) in [6, 6.07) is 6.54. The zero-order valence-electron chi connectivity index (χ0n) is 12.1. The van der Waals surface area contributed by atoms with Crippen molar-refractivity contribution in [2.45, 2.75) is 45.6 Å². The summed E-state index contributed by atoms with van der Waals surface area (Å²) in [4.78, 5) is 4.61. The zero-order valence-corrected chi connectivity index (χ0v) is 12.1. The van der Waals surface area contributed by atoms with Gasteiger partial charge in [-0.25, -0.2) is 0 Å². The van der Waals surface area contributed by atoms with Crippen LogP contribution in [0.5, 0.6) is 0 Å². The van der Waals surface area contributed by atoms with Crippen LogP contribution in [0.2, 0.25) is 0 Å². The van der Waals surface area contributed by atoms with Gasteiger partial charge in [0.05, 0.1) is 6.04 Å². The molecular formula is C16H21N3O. The Hall–Kier alpha value is -1.68. The second-order valence-electron chi connectivity index (χ2n) is 5.63. The van der Waals surface area contributed by atoms with Gasteiger partial charge in [-0.05, 0) is 44.9 Å². The lowest BCUT2D eigenvalue weighted by Gasteiger charge is -2.10. The molecule has 1 saturated heterocycles. The third-order valence-corrected chi connectivity index (χ3v) is 3.94. The van der Waals surface area contributed by atoms with Gasteiger partial charge in [0.15, 0.2) is 5.82 Å². The molecule has 1 aromatic heterocycles. The van der Waals surface area contributed by atoms with E-state index >= 15 is 0 Å². The molecule has 106 valence electrons. The summed E-state index contributed by atoms with van der Waals surface area (Å²) >= 11 is 0. The third-order valence-electron chi connectivity index (χ3n) is 3.94. The number of nitrogens with one attached hydrogen (secondary N) is 1. The zero-order chi connectivity index (χ0) is 13.9. The van der Waals surface area contributed by atoms with Crippen molar-refractivity contribution in [1.29, 1.82) is 0 Å². The molecule has 1 aromatic carbocycles. The highest BCUT2D eigenvalue weighted by atomic mass is 16.5. The topological polar surface area (TPSA) is 51.0 Å². The van der Waals surface area contributed by atoms with Crippen LogP contribution in [0.3, 0.4) is 0 Å². The van der Waals surface area contributed by atoms with E-state index in [1.807, 2.05) is 0 Å². The number of hydrogen-bond acceptors (Lipinski definition) is 4. The minimum Gasteiger partial charge on any atom is -0.334 e. The van der Waals surface area contributed by atoms with Gasteiger partial charge in [-0.15, -0.1) is 0 Å². The van der Waals surface area contributed by atoms with Crippen molar-refractivity contribution in [1.82, 2.24) is 15.5 Å². The van der Waals surface area contributed by atoms with E-state index in [-0.39, 0.29) is 6.04 Å². The molecule has 4 nitrogen and oxygen atoms in total. The molecule has 0 spiro atoms. The van der Waals surface area contributed by atoms with E-state index in [0.717, 1.165) is 24.4 Å². The fourth-order valence-electron chi connectivity index (χ4n) is 2.70. The molecular weight excluding hydrogens is 250 g/mol. The fourth-order valence-corrected chi connectivity index (χ4v) is 2.70. The lowest BCUT2D eigenvalue weighted by molar-refractivity contribution is 0.402. The average molecular weight is 271 g/mol. The van der Waals surface area contributed by atoms with Crippen LogP contribution in [0.1, 0.15) is 48.7 Å². The Morgan fingerprint density at radius 2 is 2.10 bits per heavy atom. The van der Waals surface area contributed by atoms with Crippen LogP contribution in [0, 0.1) is 13.8 Å². The molecule has 1 aliphatic rings. The molecule has 3 rings (SSSR count). The first kappa shape index (κ1) is 13.3. The largest absolute Gasteiger partial charge is 0.334 e. The van der Waals surface area contributed by atoms with Crippen LogP contribution in [-0.4, -0.2) is 16.7 Å². The monoisotopic (exact) mass is 271 g/mol. The molecule has 1 unspecified atom stereocenters.